The van der Waals surface area contributed by atoms with Crippen LogP contribution >= 0.6 is 0 Å². The molecule has 1 spiro atoms. The molecule has 0 nitrogen and oxygen atoms in total. The van der Waals surface area contributed by atoms with Gasteiger partial charge in [-0.2, -0.15) is 0 Å². The number of fused-ring (bicyclic) bond motifs is 12. The van der Waals surface area contributed by atoms with Gasteiger partial charge >= 0.3 is 0 Å². The van der Waals surface area contributed by atoms with Gasteiger partial charge in [0.25, 0.3) is 0 Å². The molecule has 0 bridgehead atoms. The Kier molecular flexibility index (Phi) is 5.65. The average Bonchev–Trinajstić information content (AvgIpc) is 3.70. The normalized spacial score (nSPS) is 13.6. The van der Waals surface area contributed by atoms with E-state index in [0.717, 1.165) is 0 Å². The maximum absolute atomic E-state index is 2.55. The van der Waals surface area contributed by atoms with E-state index >= 15 is 0 Å². The highest BCUT2D eigenvalue weighted by molar-refractivity contribution is 6.23. The molecule has 0 radical (unpaired) electrons. The van der Waals surface area contributed by atoms with E-state index in [0.29, 0.717) is 0 Å². The van der Waals surface area contributed by atoms with Crippen molar-refractivity contribution in [2.45, 2.75) is 5.41 Å². The molecule has 0 amide bonds. The first kappa shape index (κ1) is 29.4. The zero-order valence-electron chi connectivity index (χ0n) is 30.0. The summed E-state index contributed by atoms with van der Waals surface area (Å²) in [4.78, 5) is 0. The first-order valence-electron chi connectivity index (χ1n) is 19.3. The summed E-state index contributed by atoms with van der Waals surface area (Å²) in [5.74, 6) is 0. The van der Waals surface area contributed by atoms with Crippen LogP contribution in [0, 0.1) is 0 Å². The van der Waals surface area contributed by atoms with Crippen molar-refractivity contribution in [3.05, 3.63) is 216 Å². The van der Waals surface area contributed by atoms with Gasteiger partial charge in [0.2, 0.25) is 0 Å². The predicted octanol–water partition coefficient (Wildman–Crippen LogP) is 14.6. The first-order valence-corrected chi connectivity index (χ1v) is 19.3. The second kappa shape index (κ2) is 10.6. The molecule has 0 atom stereocenters. The van der Waals surface area contributed by atoms with Crippen LogP contribution in [0.25, 0.3) is 98.4 Å². The quantitative estimate of drug-likeness (QED) is 0.158. The minimum absolute atomic E-state index is 0.454. The highest BCUT2D eigenvalue weighted by Gasteiger charge is 2.51. The van der Waals surface area contributed by atoms with Crippen LogP contribution in [-0.4, -0.2) is 0 Å². The number of rotatable bonds is 2. The van der Waals surface area contributed by atoms with Crippen LogP contribution in [0.15, 0.2) is 194 Å². The van der Waals surface area contributed by atoms with Gasteiger partial charge < -0.3 is 0 Å². The number of hydrogen-bond acceptors (Lipinski definition) is 0. The molecule has 0 aromatic heterocycles. The van der Waals surface area contributed by atoms with Gasteiger partial charge in [0.15, 0.2) is 0 Å². The van der Waals surface area contributed by atoms with E-state index in [1.807, 2.05) is 0 Å². The Labute approximate surface area is 318 Å². The second-order valence-electron chi connectivity index (χ2n) is 15.6. The maximum atomic E-state index is 2.55. The van der Waals surface area contributed by atoms with E-state index in [4.69, 9.17) is 0 Å². The molecule has 2 aliphatic carbocycles. The lowest BCUT2D eigenvalue weighted by molar-refractivity contribution is 0.795. The van der Waals surface area contributed by atoms with Crippen LogP contribution in [0.2, 0.25) is 0 Å². The summed E-state index contributed by atoms with van der Waals surface area (Å²) in [7, 11) is 0. The van der Waals surface area contributed by atoms with Crippen molar-refractivity contribution in [3.8, 4) is 44.5 Å². The van der Waals surface area contributed by atoms with Crippen LogP contribution in [0.4, 0.5) is 0 Å². The van der Waals surface area contributed by atoms with Crippen LogP contribution < -0.4 is 0 Å². The zero-order valence-corrected chi connectivity index (χ0v) is 30.0. The molecule has 0 fully saturated rings. The van der Waals surface area contributed by atoms with Crippen molar-refractivity contribution in [3.63, 3.8) is 0 Å². The van der Waals surface area contributed by atoms with Gasteiger partial charge in [0.1, 0.15) is 0 Å². The third-order valence-electron chi connectivity index (χ3n) is 13.0. The van der Waals surface area contributed by atoms with E-state index in [-0.39, 0.29) is 0 Å². The summed E-state index contributed by atoms with van der Waals surface area (Å²) in [6.07, 6.45) is 0. The predicted molar refractivity (Wildman–Crippen MR) is 232 cm³/mol. The number of hydrogen-bond donors (Lipinski definition) is 0. The molecule has 0 saturated carbocycles. The van der Waals surface area contributed by atoms with E-state index in [1.54, 1.807) is 0 Å². The maximum Gasteiger partial charge on any atom is 0.0725 e. The van der Waals surface area contributed by atoms with E-state index in [2.05, 4.69) is 194 Å². The summed E-state index contributed by atoms with van der Waals surface area (Å²) < 4.78 is 0. The molecule has 55 heavy (non-hydrogen) atoms. The molecule has 13 rings (SSSR count). The third-order valence-corrected chi connectivity index (χ3v) is 13.0. The molecule has 11 aromatic carbocycles. The molecule has 2 aliphatic rings. The van der Waals surface area contributed by atoms with Gasteiger partial charge in [-0.1, -0.05) is 164 Å². The van der Waals surface area contributed by atoms with Crippen LogP contribution in [-0.2, 0) is 5.41 Å². The minimum atomic E-state index is -0.454. The van der Waals surface area contributed by atoms with E-state index in [1.165, 1.54) is 121 Å². The summed E-state index contributed by atoms with van der Waals surface area (Å²) in [6.45, 7) is 0. The van der Waals surface area contributed by atoms with Crippen LogP contribution in [0.1, 0.15) is 22.3 Å². The minimum Gasteiger partial charge on any atom is -0.0619 e. The van der Waals surface area contributed by atoms with Crippen molar-refractivity contribution in [2.24, 2.45) is 0 Å². The molecule has 0 aliphatic heterocycles. The van der Waals surface area contributed by atoms with Gasteiger partial charge in [0.05, 0.1) is 5.41 Å². The largest absolute Gasteiger partial charge is 0.0725 e. The van der Waals surface area contributed by atoms with E-state index < -0.39 is 5.41 Å². The Balaban J connectivity index is 1.11. The molecule has 11 aromatic rings. The first-order chi connectivity index (χ1) is 27.3. The Morgan fingerprint density at radius 1 is 0.236 bits per heavy atom. The van der Waals surface area contributed by atoms with Crippen molar-refractivity contribution in [1.29, 1.82) is 0 Å². The topological polar surface area (TPSA) is 0 Å². The Morgan fingerprint density at radius 3 is 1.49 bits per heavy atom. The van der Waals surface area contributed by atoms with Gasteiger partial charge in [0, 0.05) is 0 Å². The lowest BCUT2D eigenvalue weighted by atomic mass is 9.70. The van der Waals surface area contributed by atoms with E-state index in [9.17, 15) is 0 Å². The molecule has 0 heteroatoms. The SMILES string of the molecule is c1ccc2c(c1)-c1ccccc1C21c2cc(-c3cc4ccc5cccc6ccc(c3)c4c56)ccc2-c2cc3cccc(-c4cccc5ccccc45)c3cc21. The standard InChI is InChI=1S/C55H32/c1-2-15-41-33(10-1)11-8-18-42(41)43-19-9-14-37-30-48-46-27-26-36(40-28-38-24-22-34-12-7-13-35-23-25-39(29-40)54(38)53(34)35)31-51(46)55(52(48)32-47(37)43)49-20-5-3-16-44(49)45-17-4-6-21-50(45)55/h1-32H. The lowest BCUT2D eigenvalue weighted by Gasteiger charge is -2.31. The smallest absolute Gasteiger partial charge is 0.0619 e. The molecule has 252 valence electrons. The summed E-state index contributed by atoms with van der Waals surface area (Å²) >= 11 is 0. The highest BCUT2D eigenvalue weighted by atomic mass is 14.5. The third kappa shape index (κ3) is 3.76. The van der Waals surface area contributed by atoms with Gasteiger partial charge in [-0.15, -0.1) is 0 Å². The molecule has 0 heterocycles. The van der Waals surface area contributed by atoms with Crippen molar-refractivity contribution in [1.82, 2.24) is 0 Å². The summed E-state index contributed by atoms with van der Waals surface area (Å²) in [6, 6.07) is 73.5. The molecular formula is C55H32. The fourth-order valence-electron chi connectivity index (χ4n) is 10.7. The monoisotopic (exact) mass is 692 g/mol. The van der Waals surface area contributed by atoms with Gasteiger partial charge in [-0.05, 0) is 151 Å². The van der Waals surface area contributed by atoms with Gasteiger partial charge in [-0.3, -0.25) is 0 Å². The van der Waals surface area contributed by atoms with Crippen molar-refractivity contribution < 1.29 is 0 Å². The average molecular weight is 693 g/mol. The molecule has 0 saturated heterocycles. The summed E-state index contributed by atoms with van der Waals surface area (Å²) in [5, 5.41) is 13.0. The Morgan fingerprint density at radius 2 is 0.745 bits per heavy atom. The van der Waals surface area contributed by atoms with Crippen molar-refractivity contribution in [2.75, 3.05) is 0 Å². The number of benzene rings is 11. The molecular weight excluding hydrogens is 661 g/mol. The Bertz CT molecular complexity index is 3320. The lowest BCUT2D eigenvalue weighted by Crippen LogP contribution is -2.26. The summed E-state index contributed by atoms with van der Waals surface area (Å²) in [5.41, 5.74) is 15.4. The van der Waals surface area contributed by atoms with Crippen LogP contribution in [0.5, 0.6) is 0 Å². The van der Waals surface area contributed by atoms with Crippen LogP contribution in [0.3, 0.4) is 0 Å². The highest BCUT2D eigenvalue weighted by Crippen LogP contribution is 2.64. The molecule has 0 N–H and O–H groups in total. The van der Waals surface area contributed by atoms with Gasteiger partial charge in [-0.25, -0.2) is 0 Å². The fraction of sp³-hybridized carbons (Fsp3) is 0.0182. The second-order valence-corrected chi connectivity index (χ2v) is 15.6. The zero-order chi connectivity index (χ0) is 35.8. The Hall–Kier alpha value is -7.02. The van der Waals surface area contributed by atoms with Crippen molar-refractivity contribution >= 4 is 53.9 Å². The molecule has 0 unspecified atom stereocenters. The fourth-order valence-corrected chi connectivity index (χ4v) is 10.7.